The van der Waals surface area contributed by atoms with Crippen LogP contribution in [-0.4, -0.2) is 42.4 Å². The zero-order chi connectivity index (χ0) is 19.2. The fourth-order valence-corrected chi connectivity index (χ4v) is 2.65. The summed E-state index contributed by atoms with van der Waals surface area (Å²) in [6, 6.07) is 11.1. The summed E-state index contributed by atoms with van der Waals surface area (Å²) in [6.45, 7) is 3.11. The van der Waals surface area contributed by atoms with E-state index < -0.39 is 15.5 Å². The van der Waals surface area contributed by atoms with E-state index >= 15 is 0 Å². The van der Waals surface area contributed by atoms with Gasteiger partial charge in [-0.1, -0.05) is 12.1 Å². The average Bonchev–Trinajstić information content (AvgIpc) is 2.69. The number of non-ortho nitro benzene ring substituents is 1. The molecule has 1 aliphatic heterocycles. The van der Waals surface area contributed by atoms with Gasteiger partial charge >= 0.3 is 5.69 Å². The fraction of sp³-hybridized carbons (Fsp3) is 0.235. The Morgan fingerprint density at radius 1 is 1.04 bits per heavy atom. The maximum atomic E-state index is 11.1. The molecule has 0 radical (unpaired) electrons. The number of nitro benzene ring substituents is 2. The summed E-state index contributed by atoms with van der Waals surface area (Å²) in [5.41, 5.74) is 3.78. The molecule has 140 valence electrons. The van der Waals surface area contributed by atoms with Crippen molar-refractivity contribution in [1.82, 2.24) is 0 Å². The highest BCUT2D eigenvalue weighted by molar-refractivity contribution is 5.81. The Morgan fingerprint density at radius 2 is 1.74 bits per heavy atom. The normalized spacial score (nSPS) is 14.3. The molecule has 0 spiro atoms. The molecule has 10 nitrogen and oxygen atoms in total. The number of nitrogens with zero attached hydrogens (tertiary/aromatic N) is 4. The number of rotatable bonds is 6. The van der Waals surface area contributed by atoms with Crippen LogP contribution < -0.4 is 10.3 Å². The van der Waals surface area contributed by atoms with E-state index in [1.165, 1.54) is 18.3 Å². The molecule has 0 aromatic heterocycles. The Hall–Kier alpha value is -3.53. The summed E-state index contributed by atoms with van der Waals surface area (Å²) < 4.78 is 5.33. The maximum Gasteiger partial charge on any atom is 0.301 e. The molecule has 2 aromatic rings. The molecule has 1 heterocycles. The highest BCUT2D eigenvalue weighted by atomic mass is 16.6. The van der Waals surface area contributed by atoms with Gasteiger partial charge in [-0.2, -0.15) is 5.10 Å². The second-order valence-corrected chi connectivity index (χ2v) is 5.78. The van der Waals surface area contributed by atoms with Gasteiger partial charge in [0.15, 0.2) is 0 Å². The lowest BCUT2D eigenvalue weighted by molar-refractivity contribution is -0.393. The Morgan fingerprint density at radius 3 is 2.37 bits per heavy atom. The number of ether oxygens (including phenoxy) is 1. The smallest absolute Gasteiger partial charge is 0.301 e. The summed E-state index contributed by atoms with van der Waals surface area (Å²) in [6.07, 6.45) is 1.52. The van der Waals surface area contributed by atoms with Gasteiger partial charge in [-0.05, 0) is 23.8 Å². The first-order valence-electron chi connectivity index (χ1n) is 8.19. The van der Waals surface area contributed by atoms with Crippen LogP contribution in [0, 0.1) is 20.2 Å². The van der Waals surface area contributed by atoms with Crippen LogP contribution in [0.3, 0.4) is 0 Å². The third-order valence-corrected chi connectivity index (χ3v) is 4.06. The van der Waals surface area contributed by atoms with E-state index in [1.54, 1.807) is 0 Å². The number of hydrogen-bond acceptors (Lipinski definition) is 8. The standard InChI is InChI=1S/C17H17N5O5/c23-21(24)15-5-6-16(17(11-15)22(25)26)19-18-12-13-1-3-14(4-2-13)20-7-9-27-10-8-20/h1-6,11-12,19H,7-10H2/b18-12+. The number of morpholine rings is 1. The molecule has 0 aliphatic carbocycles. The number of nitro groups is 2. The van der Waals surface area contributed by atoms with E-state index in [0.717, 1.165) is 30.4 Å². The van der Waals surface area contributed by atoms with Gasteiger partial charge in [-0.3, -0.25) is 25.7 Å². The van der Waals surface area contributed by atoms with Gasteiger partial charge in [0.25, 0.3) is 5.69 Å². The van der Waals surface area contributed by atoms with Gasteiger partial charge in [0.2, 0.25) is 0 Å². The number of nitrogens with one attached hydrogen (secondary N) is 1. The first kappa shape index (κ1) is 18.3. The van der Waals surface area contributed by atoms with Crippen molar-refractivity contribution < 1.29 is 14.6 Å². The summed E-state index contributed by atoms with van der Waals surface area (Å²) in [7, 11) is 0. The summed E-state index contributed by atoms with van der Waals surface area (Å²) in [5, 5.41) is 25.8. The largest absolute Gasteiger partial charge is 0.378 e. The lowest BCUT2D eigenvalue weighted by atomic mass is 10.2. The van der Waals surface area contributed by atoms with Crippen LogP contribution >= 0.6 is 0 Å². The lowest BCUT2D eigenvalue weighted by Crippen LogP contribution is -2.36. The number of benzene rings is 2. The first-order chi connectivity index (χ1) is 13.0. The number of hydrazone groups is 1. The Kier molecular flexibility index (Phi) is 5.57. The molecular weight excluding hydrogens is 354 g/mol. The summed E-state index contributed by atoms with van der Waals surface area (Å²) in [5.74, 6) is 0. The number of anilines is 2. The third-order valence-electron chi connectivity index (χ3n) is 4.06. The molecule has 0 unspecified atom stereocenters. The van der Waals surface area contributed by atoms with E-state index in [1.807, 2.05) is 24.3 Å². The molecule has 0 amide bonds. The van der Waals surface area contributed by atoms with Crippen molar-refractivity contribution in [2.75, 3.05) is 36.6 Å². The Labute approximate surface area is 154 Å². The van der Waals surface area contributed by atoms with Crippen LogP contribution in [0.1, 0.15) is 5.56 Å². The van der Waals surface area contributed by atoms with E-state index in [0.29, 0.717) is 13.2 Å². The molecule has 0 bridgehead atoms. The van der Waals surface area contributed by atoms with Crippen molar-refractivity contribution in [3.8, 4) is 0 Å². The molecule has 0 atom stereocenters. The van der Waals surface area contributed by atoms with Gasteiger partial charge in [0.05, 0.1) is 35.3 Å². The second-order valence-electron chi connectivity index (χ2n) is 5.78. The second kappa shape index (κ2) is 8.23. The molecule has 1 fully saturated rings. The predicted octanol–water partition coefficient (Wildman–Crippen LogP) is 2.79. The van der Waals surface area contributed by atoms with Crippen molar-refractivity contribution in [3.05, 3.63) is 68.3 Å². The zero-order valence-electron chi connectivity index (χ0n) is 14.3. The molecule has 10 heteroatoms. The van der Waals surface area contributed by atoms with Gasteiger partial charge in [-0.25, -0.2) is 0 Å². The topological polar surface area (TPSA) is 123 Å². The predicted molar refractivity (Wildman–Crippen MR) is 100 cm³/mol. The lowest BCUT2D eigenvalue weighted by Gasteiger charge is -2.28. The Balaban J connectivity index is 1.68. The van der Waals surface area contributed by atoms with Gasteiger partial charge in [0, 0.05) is 24.8 Å². The van der Waals surface area contributed by atoms with Crippen LogP contribution in [0.15, 0.2) is 47.6 Å². The van der Waals surface area contributed by atoms with E-state index in [4.69, 9.17) is 4.74 Å². The Bertz CT molecular complexity index is 863. The van der Waals surface area contributed by atoms with E-state index in [-0.39, 0.29) is 11.4 Å². The molecular formula is C17H17N5O5. The monoisotopic (exact) mass is 371 g/mol. The first-order valence-corrected chi connectivity index (χ1v) is 8.19. The SMILES string of the molecule is O=[N+]([O-])c1ccc(N/N=C/c2ccc(N3CCOCC3)cc2)c([N+](=O)[O-])c1. The average molecular weight is 371 g/mol. The quantitative estimate of drug-likeness (QED) is 0.470. The molecule has 0 saturated carbocycles. The molecule has 2 aromatic carbocycles. The molecule has 27 heavy (non-hydrogen) atoms. The van der Waals surface area contributed by atoms with Crippen LogP contribution in [0.25, 0.3) is 0 Å². The molecule has 1 aliphatic rings. The van der Waals surface area contributed by atoms with Crippen molar-refractivity contribution in [2.24, 2.45) is 5.10 Å². The third kappa shape index (κ3) is 4.55. The maximum absolute atomic E-state index is 11.1. The highest BCUT2D eigenvalue weighted by Gasteiger charge is 2.19. The summed E-state index contributed by atoms with van der Waals surface area (Å²) >= 11 is 0. The zero-order valence-corrected chi connectivity index (χ0v) is 14.3. The van der Waals surface area contributed by atoms with Crippen LogP contribution in [-0.2, 0) is 4.74 Å². The van der Waals surface area contributed by atoms with Crippen molar-refractivity contribution in [2.45, 2.75) is 0 Å². The van der Waals surface area contributed by atoms with E-state index in [9.17, 15) is 20.2 Å². The minimum absolute atomic E-state index is 0.0757. The van der Waals surface area contributed by atoms with Crippen LogP contribution in [0.5, 0.6) is 0 Å². The van der Waals surface area contributed by atoms with Crippen LogP contribution in [0.4, 0.5) is 22.7 Å². The van der Waals surface area contributed by atoms with Gasteiger partial charge in [-0.15, -0.1) is 0 Å². The summed E-state index contributed by atoms with van der Waals surface area (Å²) in [4.78, 5) is 22.7. The number of hydrogen-bond donors (Lipinski definition) is 1. The van der Waals surface area contributed by atoms with Crippen molar-refractivity contribution in [3.63, 3.8) is 0 Å². The molecule has 3 rings (SSSR count). The molecule has 1 N–H and O–H groups in total. The minimum Gasteiger partial charge on any atom is -0.378 e. The molecule has 1 saturated heterocycles. The fourth-order valence-electron chi connectivity index (χ4n) is 2.65. The minimum atomic E-state index is -0.692. The van der Waals surface area contributed by atoms with Crippen molar-refractivity contribution >= 4 is 29.0 Å². The highest BCUT2D eigenvalue weighted by Crippen LogP contribution is 2.28. The van der Waals surface area contributed by atoms with E-state index in [2.05, 4.69) is 15.4 Å². The van der Waals surface area contributed by atoms with Gasteiger partial charge in [0.1, 0.15) is 5.69 Å². The van der Waals surface area contributed by atoms with Crippen molar-refractivity contribution in [1.29, 1.82) is 0 Å². The van der Waals surface area contributed by atoms with Gasteiger partial charge < -0.3 is 9.64 Å². The van der Waals surface area contributed by atoms with Crippen LogP contribution in [0.2, 0.25) is 0 Å².